The van der Waals surface area contributed by atoms with Crippen LogP contribution in [0.3, 0.4) is 0 Å². The van der Waals surface area contributed by atoms with Crippen molar-refractivity contribution in [3.63, 3.8) is 0 Å². The van der Waals surface area contributed by atoms with E-state index in [1.807, 2.05) is 19.1 Å². The molecule has 0 fully saturated rings. The highest BCUT2D eigenvalue weighted by atomic mass is 16.6. The molecular weight excluding hydrogens is 360 g/mol. The smallest absolute Gasteiger partial charge is 0.412 e. The van der Waals surface area contributed by atoms with Crippen LogP contribution in [0, 0.1) is 6.92 Å². The number of nitrogens with one attached hydrogen (secondary N) is 1. The SMILES string of the molecule is Cc1cc(NC(=O)OC(C)(C)C)cc2c1c1ccccc1c(=O)n2CC(=O)O. The van der Waals surface area contributed by atoms with Gasteiger partial charge in [0.05, 0.1) is 5.52 Å². The monoisotopic (exact) mass is 382 g/mol. The molecule has 2 N–H and O–H groups in total. The molecule has 146 valence electrons. The molecule has 0 aliphatic heterocycles. The van der Waals surface area contributed by atoms with Crippen molar-refractivity contribution in [3.05, 3.63) is 52.3 Å². The number of nitrogens with zero attached hydrogens (tertiary/aromatic N) is 1. The molecule has 7 heteroatoms. The Morgan fingerprint density at radius 3 is 2.39 bits per heavy atom. The lowest BCUT2D eigenvalue weighted by Gasteiger charge is -2.20. The maximum Gasteiger partial charge on any atom is 0.412 e. The Morgan fingerprint density at radius 1 is 1.14 bits per heavy atom. The normalized spacial score (nSPS) is 11.6. The zero-order chi connectivity index (χ0) is 20.6. The molecule has 3 rings (SSSR count). The summed E-state index contributed by atoms with van der Waals surface area (Å²) in [6, 6.07) is 10.5. The average Bonchev–Trinajstić information content (AvgIpc) is 2.56. The maximum atomic E-state index is 12.9. The second kappa shape index (κ2) is 6.99. The number of aryl methyl sites for hydroxylation is 1. The molecule has 0 unspecified atom stereocenters. The summed E-state index contributed by atoms with van der Waals surface area (Å²) >= 11 is 0. The van der Waals surface area contributed by atoms with Gasteiger partial charge in [-0.1, -0.05) is 18.2 Å². The van der Waals surface area contributed by atoms with Crippen molar-refractivity contribution in [1.82, 2.24) is 4.57 Å². The van der Waals surface area contributed by atoms with E-state index in [4.69, 9.17) is 4.74 Å². The lowest BCUT2D eigenvalue weighted by atomic mass is 10.0. The highest BCUT2D eigenvalue weighted by molar-refractivity contribution is 6.08. The third-order valence-electron chi connectivity index (χ3n) is 4.22. The number of carboxylic acids is 1. The van der Waals surface area contributed by atoms with E-state index in [2.05, 4.69) is 5.32 Å². The molecule has 1 amide bonds. The number of amides is 1. The van der Waals surface area contributed by atoms with Crippen LogP contribution in [0.25, 0.3) is 21.7 Å². The van der Waals surface area contributed by atoms with E-state index in [0.29, 0.717) is 16.6 Å². The van der Waals surface area contributed by atoms with E-state index in [-0.39, 0.29) is 5.56 Å². The van der Waals surface area contributed by atoms with Crippen molar-refractivity contribution >= 4 is 39.4 Å². The molecular formula is C21H22N2O5. The number of pyridine rings is 1. The van der Waals surface area contributed by atoms with Crippen molar-refractivity contribution in [2.75, 3.05) is 5.32 Å². The Kier molecular flexibility index (Phi) is 4.85. The third kappa shape index (κ3) is 3.83. The Bertz CT molecular complexity index is 1160. The van der Waals surface area contributed by atoms with Crippen LogP contribution in [-0.2, 0) is 16.1 Å². The lowest BCUT2D eigenvalue weighted by molar-refractivity contribution is -0.137. The fraction of sp³-hybridized carbons (Fsp3) is 0.286. The Morgan fingerprint density at radius 2 is 1.79 bits per heavy atom. The number of anilines is 1. The number of aromatic nitrogens is 1. The topological polar surface area (TPSA) is 97.6 Å². The number of hydrogen-bond acceptors (Lipinski definition) is 4. The maximum absolute atomic E-state index is 12.9. The minimum atomic E-state index is -1.12. The van der Waals surface area contributed by atoms with Crippen molar-refractivity contribution in [3.8, 4) is 0 Å². The molecule has 3 aromatic rings. The van der Waals surface area contributed by atoms with Gasteiger partial charge < -0.3 is 9.84 Å². The van der Waals surface area contributed by atoms with Crippen LogP contribution in [0.2, 0.25) is 0 Å². The summed E-state index contributed by atoms with van der Waals surface area (Å²) in [7, 11) is 0. The Hall–Kier alpha value is -3.35. The first-order valence-corrected chi connectivity index (χ1v) is 8.84. The van der Waals surface area contributed by atoms with Crippen LogP contribution in [0.1, 0.15) is 26.3 Å². The molecule has 28 heavy (non-hydrogen) atoms. The second-order valence-electron chi connectivity index (χ2n) is 7.64. The highest BCUT2D eigenvalue weighted by Crippen LogP contribution is 2.29. The van der Waals surface area contributed by atoms with Crippen molar-refractivity contribution in [2.24, 2.45) is 0 Å². The summed E-state index contributed by atoms with van der Waals surface area (Å²) in [5, 5.41) is 13.9. The van der Waals surface area contributed by atoms with E-state index < -0.39 is 24.2 Å². The van der Waals surface area contributed by atoms with Gasteiger partial charge in [0.15, 0.2) is 0 Å². The van der Waals surface area contributed by atoms with Crippen molar-refractivity contribution < 1.29 is 19.4 Å². The van der Waals surface area contributed by atoms with Gasteiger partial charge in [-0.25, -0.2) is 4.79 Å². The summed E-state index contributed by atoms with van der Waals surface area (Å²) in [5.41, 5.74) is 0.626. The van der Waals surface area contributed by atoms with Gasteiger partial charge in [0.2, 0.25) is 0 Å². The zero-order valence-electron chi connectivity index (χ0n) is 16.2. The van der Waals surface area contributed by atoms with Crippen LogP contribution in [0.15, 0.2) is 41.2 Å². The molecule has 0 radical (unpaired) electrons. The number of fused-ring (bicyclic) bond motifs is 3. The third-order valence-corrected chi connectivity index (χ3v) is 4.22. The Balaban J connectivity index is 2.24. The van der Waals surface area contributed by atoms with Gasteiger partial charge in [-0.15, -0.1) is 0 Å². The quantitative estimate of drug-likeness (QED) is 0.670. The molecule has 0 aliphatic carbocycles. The molecule has 0 aliphatic rings. The highest BCUT2D eigenvalue weighted by Gasteiger charge is 2.18. The van der Waals surface area contributed by atoms with Gasteiger partial charge in [-0.2, -0.15) is 0 Å². The number of carbonyl (C=O) groups excluding carboxylic acids is 1. The second-order valence-corrected chi connectivity index (χ2v) is 7.64. The largest absolute Gasteiger partial charge is 0.480 e. The van der Waals surface area contributed by atoms with Crippen LogP contribution >= 0.6 is 0 Å². The fourth-order valence-electron chi connectivity index (χ4n) is 3.26. The van der Waals surface area contributed by atoms with E-state index in [1.54, 1.807) is 45.0 Å². The standard InChI is InChI=1S/C21H22N2O5/c1-12-9-13(22-20(27)28-21(2,3)4)10-16-18(12)14-7-5-6-8-15(14)19(26)23(16)11-17(24)25/h5-10H,11H2,1-4H3,(H,22,27)(H,24,25). The van der Waals surface area contributed by atoms with E-state index in [0.717, 1.165) is 16.3 Å². The van der Waals surface area contributed by atoms with E-state index in [9.17, 15) is 19.5 Å². The molecule has 0 spiro atoms. The number of carbonyl (C=O) groups is 2. The molecule has 2 aromatic carbocycles. The number of benzene rings is 2. The minimum Gasteiger partial charge on any atom is -0.480 e. The van der Waals surface area contributed by atoms with Crippen LogP contribution in [0.5, 0.6) is 0 Å². The van der Waals surface area contributed by atoms with Gasteiger partial charge in [0, 0.05) is 16.5 Å². The molecule has 0 bridgehead atoms. The molecule has 0 saturated heterocycles. The number of aliphatic carboxylic acids is 1. The minimum absolute atomic E-state index is 0.390. The summed E-state index contributed by atoms with van der Waals surface area (Å²) in [5.74, 6) is -1.12. The predicted molar refractivity (Wildman–Crippen MR) is 108 cm³/mol. The lowest BCUT2D eigenvalue weighted by Crippen LogP contribution is -2.27. The number of hydrogen-bond donors (Lipinski definition) is 2. The predicted octanol–water partition coefficient (Wildman–Crippen LogP) is 3.89. The number of rotatable bonds is 3. The first kappa shape index (κ1) is 19.4. The van der Waals surface area contributed by atoms with Crippen molar-refractivity contribution in [1.29, 1.82) is 0 Å². The summed E-state index contributed by atoms with van der Waals surface area (Å²) < 4.78 is 6.49. The van der Waals surface area contributed by atoms with Gasteiger partial charge in [0.25, 0.3) is 5.56 Å². The number of carboxylic acid groups (broad SMARTS) is 1. The van der Waals surface area contributed by atoms with E-state index in [1.165, 1.54) is 4.57 Å². The van der Waals surface area contributed by atoms with Gasteiger partial charge in [-0.05, 0) is 56.8 Å². The zero-order valence-corrected chi connectivity index (χ0v) is 16.2. The molecule has 7 nitrogen and oxygen atoms in total. The fourth-order valence-corrected chi connectivity index (χ4v) is 3.26. The first-order valence-electron chi connectivity index (χ1n) is 8.84. The molecule has 0 saturated carbocycles. The van der Waals surface area contributed by atoms with Crippen LogP contribution in [0.4, 0.5) is 10.5 Å². The number of ether oxygens (including phenoxy) is 1. The van der Waals surface area contributed by atoms with Gasteiger partial charge >= 0.3 is 12.1 Å². The van der Waals surface area contributed by atoms with Crippen LogP contribution in [-0.4, -0.2) is 27.3 Å². The molecule has 1 heterocycles. The van der Waals surface area contributed by atoms with Gasteiger partial charge in [0.1, 0.15) is 12.1 Å². The van der Waals surface area contributed by atoms with E-state index >= 15 is 0 Å². The summed E-state index contributed by atoms with van der Waals surface area (Å²) in [4.78, 5) is 36.4. The first-order chi connectivity index (χ1) is 13.1. The molecule has 1 aromatic heterocycles. The van der Waals surface area contributed by atoms with Crippen molar-refractivity contribution in [2.45, 2.75) is 39.8 Å². The van der Waals surface area contributed by atoms with Crippen LogP contribution < -0.4 is 10.9 Å². The summed E-state index contributed by atoms with van der Waals surface area (Å²) in [6.45, 7) is 6.65. The molecule has 0 atom stereocenters. The Labute approximate surface area is 161 Å². The van der Waals surface area contributed by atoms with Gasteiger partial charge in [-0.3, -0.25) is 19.5 Å². The average molecular weight is 382 g/mol. The summed E-state index contributed by atoms with van der Waals surface area (Å²) in [6.07, 6.45) is -0.626.